The largest absolute Gasteiger partial charge is 0.506 e. The Morgan fingerprint density at radius 3 is 2.40 bits per heavy atom. The number of anilines is 1. The van der Waals surface area contributed by atoms with Crippen molar-refractivity contribution in [1.29, 1.82) is 0 Å². The van der Waals surface area contributed by atoms with Crippen molar-refractivity contribution in [2.75, 3.05) is 11.8 Å². The van der Waals surface area contributed by atoms with E-state index >= 15 is 0 Å². The zero-order valence-electron chi connectivity index (χ0n) is 10.5. The van der Waals surface area contributed by atoms with Crippen molar-refractivity contribution in [3.05, 3.63) is 47.5 Å². The molecule has 2 aromatic carbocycles. The first-order chi connectivity index (χ1) is 9.44. The SMILES string of the molecule is COc1cccc(O)c1NS(=O)(=O)c1ccc(Cl)cc1. The third kappa shape index (κ3) is 2.97. The van der Waals surface area contributed by atoms with Crippen LogP contribution in [0.4, 0.5) is 5.69 Å². The van der Waals surface area contributed by atoms with Gasteiger partial charge in [-0.15, -0.1) is 0 Å². The van der Waals surface area contributed by atoms with E-state index in [1.54, 1.807) is 12.1 Å². The van der Waals surface area contributed by atoms with Gasteiger partial charge in [-0.05, 0) is 36.4 Å². The monoisotopic (exact) mass is 313 g/mol. The van der Waals surface area contributed by atoms with E-state index < -0.39 is 10.0 Å². The average Bonchev–Trinajstić information content (AvgIpc) is 2.41. The first-order valence-electron chi connectivity index (χ1n) is 5.58. The number of hydrogen-bond acceptors (Lipinski definition) is 4. The highest BCUT2D eigenvalue weighted by Gasteiger charge is 2.18. The number of phenolic OH excluding ortho intramolecular Hbond substituents is 1. The van der Waals surface area contributed by atoms with Gasteiger partial charge >= 0.3 is 0 Å². The molecule has 0 unspecified atom stereocenters. The van der Waals surface area contributed by atoms with Gasteiger partial charge in [0.2, 0.25) is 0 Å². The summed E-state index contributed by atoms with van der Waals surface area (Å²) >= 11 is 5.72. The highest BCUT2D eigenvalue weighted by molar-refractivity contribution is 7.92. The molecule has 0 fully saturated rings. The lowest BCUT2D eigenvalue weighted by atomic mass is 10.3. The zero-order valence-corrected chi connectivity index (χ0v) is 12.1. The lowest BCUT2D eigenvalue weighted by Gasteiger charge is -2.13. The van der Waals surface area contributed by atoms with E-state index in [1.807, 2.05) is 0 Å². The Morgan fingerprint density at radius 2 is 1.80 bits per heavy atom. The molecule has 106 valence electrons. The average molecular weight is 314 g/mol. The maximum absolute atomic E-state index is 12.2. The Hall–Kier alpha value is -1.92. The molecular formula is C13H12ClNO4S. The minimum absolute atomic E-state index is 0.00931. The van der Waals surface area contributed by atoms with Gasteiger partial charge in [0.15, 0.2) is 0 Å². The Balaban J connectivity index is 2.41. The number of nitrogens with one attached hydrogen (secondary N) is 1. The quantitative estimate of drug-likeness (QED) is 0.851. The smallest absolute Gasteiger partial charge is 0.262 e. The topological polar surface area (TPSA) is 75.6 Å². The van der Waals surface area contributed by atoms with E-state index in [9.17, 15) is 13.5 Å². The molecule has 2 rings (SSSR count). The Bertz CT molecular complexity index is 714. The molecule has 0 radical (unpaired) electrons. The van der Waals surface area contributed by atoms with Crippen LogP contribution in [0.3, 0.4) is 0 Å². The maximum Gasteiger partial charge on any atom is 0.262 e. The van der Waals surface area contributed by atoms with Gasteiger partial charge in [-0.1, -0.05) is 17.7 Å². The maximum atomic E-state index is 12.2. The fraction of sp³-hybridized carbons (Fsp3) is 0.0769. The van der Waals surface area contributed by atoms with Crippen molar-refractivity contribution in [3.63, 3.8) is 0 Å². The summed E-state index contributed by atoms with van der Waals surface area (Å²) < 4.78 is 31.7. The molecular weight excluding hydrogens is 302 g/mol. The van der Waals surface area contributed by atoms with Gasteiger partial charge in [0.1, 0.15) is 17.2 Å². The number of methoxy groups -OCH3 is 1. The molecule has 5 nitrogen and oxygen atoms in total. The number of phenols is 1. The minimum Gasteiger partial charge on any atom is -0.506 e. The molecule has 20 heavy (non-hydrogen) atoms. The van der Waals surface area contributed by atoms with Crippen LogP contribution >= 0.6 is 11.6 Å². The summed E-state index contributed by atoms with van der Waals surface area (Å²) in [6.45, 7) is 0. The molecule has 0 saturated heterocycles. The highest BCUT2D eigenvalue weighted by Crippen LogP contribution is 2.35. The summed E-state index contributed by atoms with van der Waals surface area (Å²) in [5, 5.41) is 10.2. The van der Waals surface area contributed by atoms with Crippen LogP contribution in [0.5, 0.6) is 11.5 Å². The molecule has 0 aromatic heterocycles. The summed E-state index contributed by atoms with van der Waals surface area (Å²) in [5.74, 6) is 0.00410. The lowest BCUT2D eigenvalue weighted by molar-refractivity contribution is 0.411. The van der Waals surface area contributed by atoms with Crippen molar-refractivity contribution < 1.29 is 18.3 Å². The molecule has 2 aromatic rings. The van der Waals surface area contributed by atoms with Gasteiger partial charge in [0.25, 0.3) is 10.0 Å². The second kappa shape index (κ2) is 5.60. The molecule has 0 heterocycles. The van der Waals surface area contributed by atoms with Gasteiger partial charge in [0, 0.05) is 5.02 Å². The van der Waals surface area contributed by atoms with Crippen LogP contribution in [0.25, 0.3) is 0 Å². The van der Waals surface area contributed by atoms with E-state index in [1.165, 1.54) is 37.4 Å². The number of para-hydroxylation sites is 1. The molecule has 2 N–H and O–H groups in total. The molecule has 7 heteroatoms. The number of benzene rings is 2. The predicted molar refractivity (Wildman–Crippen MR) is 76.9 cm³/mol. The van der Waals surface area contributed by atoms with Crippen LogP contribution in [0, 0.1) is 0 Å². The predicted octanol–water partition coefficient (Wildman–Crippen LogP) is 2.86. The van der Waals surface area contributed by atoms with E-state index in [0.29, 0.717) is 5.02 Å². The number of halogens is 1. The molecule has 0 atom stereocenters. The lowest BCUT2D eigenvalue weighted by Crippen LogP contribution is -2.13. The summed E-state index contributed by atoms with van der Waals surface area (Å²) in [6.07, 6.45) is 0. The van der Waals surface area contributed by atoms with Crippen LogP contribution in [-0.4, -0.2) is 20.6 Å². The standard InChI is InChI=1S/C13H12ClNO4S/c1-19-12-4-2-3-11(16)13(12)15-20(17,18)10-7-5-9(14)6-8-10/h2-8,15-16H,1H3. The minimum atomic E-state index is -3.83. The van der Waals surface area contributed by atoms with Crippen LogP contribution in [0.2, 0.25) is 5.02 Å². The van der Waals surface area contributed by atoms with E-state index in [2.05, 4.69) is 4.72 Å². The summed E-state index contributed by atoms with van der Waals surface area (Å²) in [4.78, 5) is 0.0345. The van der Waals surface area contributed by atoms with Gasteiger partial charge < -0.3 is 9.84 Å². The number of hydrogen-bond donors (Lipinski definition) is 2. The van der Waals surface area contributed by atoms with Crippen molar-refractivity contribution in [3.8, 4) is 11.5 Å². The first kappa shape index (κ1) is 14.5. The summed E-state index contributed by atoms with van der Waals surface area (Å²) in [7, 11) is -2.45. The number of sulfonamides is 1. The second-order valence-electron chi connectivity index (χ2n) is 3.91. The number of rotatable bonds is 4. The van der Waals surface area contributed by atoms with Crippen molar-refractivity contribution >= 4 is 27.3 Å². The van der Waals surface area contributed by atoms with Crippen molar-refractivity contribution in [2.45, 2.75) is 4.90 Å². The molecule has 0 saturated carbocycles. The van der Waals surface area contributed by atoms with Crippen molar-refractivity contribution in [1.82, 2.24) is 0 Å². The Morgan fingerprint density at radius 1 is 1.15 bits per heavy atom. The second-order valence-corrected chi connectivity index (χ2v) is 6.03. The third-order valence-corrected chi connectivity index (χ3v) is 4.20. The third-order valence-electron chi connectivity index (χ3n) is 2.58. The molecule has 0 aliphatic rings. The number of aromatic hydroxyl groups is 1. The zero-order chi connectivity index (χ0) is 14.8. The van der Waals surface area contributed by atoms with Gasteiger partial charge in [-0.25, -0.2) is 8.42 Å². The highest BCUT2D eigenvalue weighted by atomic mass is 35.5. The molecule has 0 aliphatic heterocycles. The first-order valence-corrected chi connectivity index (χ1v) is 7.44. The Kier molecular flexibility index (Phi) is 4.06. The van der Waals surface area contributed by atoms with Crippen LogP contribution in [-0.2, 0) is 10.0 Å². The Labute approximate surface area is 121 Å². The van der Waals surface area contributed by atoms with Gasteiger partial charge in [-0.2, -0.15) is 0 Å². The van der Waals surface area contributed by atoms with E-state index in [-0.39, 0.29) is 22.1 Å². The molecule has 0 amide bonds. The van der Waals surface area contributed by atoms with Crippen LogP contribution < -0.4 is 9.46 Å². The van der Waals surface area contributed by atoms with Gasteiger partial charge in [-0.3, -0.25) is 4.72 Å². The fourth-order valence-corrected chi connectivity index (χ4v) is 2.81. The molecule has 0 aliphatic carbocycles. The summed E-state index contributed by atoms with van der Waals surface area (Å²) in [5.41, 5.74) is -0.00931. The van der Waals surface area contributed by atoms with Crippen LogP contribution in [0.1, 0.15) is 0 Å². The molecule has 0 bridgehead atoms. The van der Waals surface area contributed by atoms with E-state index in [4.69, 9.17) is 16.3 Å². The van der Waals surface area contributed by atoms with E-state index in [0.717, 1.165) is 0 Å². The fourth-order valence-electron chi connectivity index (χ4n) is 1.60. The normalized spacial score (nSPS) is 11.1. The molecule has 0 spiro atoms. The van der Waals surface area contributed by atoms with Crippen LogP contribution in [0.15, 0.2) is 47.4 Å². The summed E-state index contributed by atoms with van der Waals surface area (Å²) in [6, 6.07) is 10.1. The van der Waals surface area contributed by atoms with Gasteiger partial charge in [0.05, 0.1) is 12.0 Å². The van der Waals surface area contributed by atoms with Crippen molar-refractivity contribution in [2.24, 2.45) is 0 Å². The number of ether oxygens (including phenoxy) is 1.